The molecule has 1 fully saturated rings. The highest BCUT2D eigenvalue weighted by atomic mass is 16.3. The van der Waals surface area contributed by atoms with Crippen LogP contribution >= 0.6 is 0 Å². The summed E-state index contributed by atoms with van der Waals surface area (Å²) < 4.78 is 0. The molecule has 0 radical (unpaired) electrons. The molecule has 1 saturated carbocycles. The molecule has 1 heteroatoms. The standard InChI is InChI=1S/C19H22O.C3H8.C2H6/c1-14-2-4-15(5-3-14)16-6-8-17(9-7-16)18-10-12-19(20)13-11-18;1-3-2;1-2/h6-15,20H,2-5H2,1H3;3H2,1-2H3;1-2H3. The molecule has 3 rings (SSSR count). The number of rotatable bonds is 2. The molecule has 1 aliphatic rings. The number of aromatic hydroxyl groups is 1. The highest BCUT2D eigenvalue weighted by Crippen LogP contribution is 2.36. The Kier molecular flexibility index (Phi) is 9.99. The van der Waals surface area contributed by atoms with Crippen LogP contribution in [0.1, 0.15) is 78.2 Å². The molecule has 0 aromatic heterocycles. The third-order valence-corrected chi connectivity index (χ3v) is 4.60. The quantitative estimate of drug-likeness (QED) is 0.591. The second-order valence-electron chi connectivity index (χ2n) is 6.83. The van der Waals surface area contributed by atoms with Gasteiger partial charge in [-0.1, -0.05) is 90.3 Å². The molecule has 138 valence electrons. The zero-order valence-corrected chi connectivity index (χ0v) is 16.8. The Balaban J connectivity index is 0.000000567. The van der Waals surface area contributed by atoms with Gasteiger partial charge in [0.2, 0.25) is 0 Å². The molecule has 2 aromatic rings. The van der Waals surface area contributed by atoms with Gasteiger partial charge in [0, 0.05) is 0 Å². The van der Waals surface area contributed by atoms with Crippen molar-refractivity contribution >= 4 is 0 Å². The second-order valence-corrected chi connectivity index (χ2v) is 6.83. The van der Waals surface area contributed by atoms with Gasteiger partial charge in [0.1, 0.15) is 5.75 Å². The molecular weight excluding hydrogens is 304 g/mol. The third kappa shape index (κ3) is 6.94. The number of benzene rings is 2. The van der Waals surface area contributed by atoms with Crippen LogP contribution in [0.15, 0.2) is 48.5 Å². The molecule has 0 heterocycles. The lowest BCUT2D eigenvalue weighted by atomic mass is 9.79. The van der Waals surface area contributed by atoms with Crippen LogP contribution in [0.2, 0.25) is 0 Å². The van der Waals surface area contributed by atoms with Crippen molar-refractivity contribution in [3.05, 3.63) is 54.1 Å². The van der Waals surface area contributed by atoms with Crippen LogP contribution in [0.5, 0.6) is 5.75 Å². The van der Waals surface area contributed by atoms with E-state index in [9.17, 15) is 5.11 Å². The van der Waals surface area contributed by atoms with Gasteiger partial charge >= 0.3 is 0 Å². The van der Waals surface area contributed by atoms with Crippen LogP contribution in [-0.4, -0.2) is 5.11 Å². The molecule has 0 unspecified atom stereocenters. The fourth-order valence-electron chi connectivity index (χ4n) is 3.20. The summed E-state index contributed by atoms with van der Waals surface area (Å²) in [4.78, 5) is 0. The molecule has 0 bridgehead atoms. The maximum atomic E-state index is 9.34. The van der Waals surface area contributed by atoms with Crippen LogP contribution in [0.25, 0.3) is 11.1 Å². The monoisotopic (exact) mass is 340 g/mol. The average Bonchev–Trinajstić information content (AvgIpc) is 2.66. The number of hydrogen-bond donors (Lipinski definition) is 1. The van der Waals surface area contributed by atoms with Crippen molar-refractivity contribution in [3.8, 4) is 16.9 Å². The summed E-state index contributed by atoms with van der Waals surface area (Å²) in [5.41, 5.74) is 3.86. The minimum atomic E-state index is 0.321. The molecule has 0 amide bonds. The Hall–Kier alpha value is -1.76. The van der Waals surface area contributed by atoms with Gasteiger partial charge in [-0.15, -0.1) is 0 Å². The van der Waals surface area contributed by atoms with E-state index in [1.54, 1.807) is 12.1 Å². The van der Waals surface area contributed by atoms with Gasteiger partial charge in [-0.2, -0.15) is 0 Å². The van der Waals surface area contributed by atoms with Gasteiger partial charge in [0.25, 0.3) is 0 Å². The Labute approximate surface area is 155 Å². The number of phenolic OH excluding ortho intramolecular Hbond substituents is 1. The molecule has 1 nitrogen and oxygen atoms in total. The van der Waals surface area contributed by atoms with Gasteiger partial charge in [-0.3, -0.25) is 0 Å². The van der Waals surface area contributed by atoms with E-state index in [-0.39, 0.29) is 0 Å². The zero-order valence-electron chi connectivity index (χ0n) is 16.8. The largest absolute Gasteiger partial charge is 0.508 e. The average molecular weight is 341 g/mol. The Bertz CT molecular complexity index is 560. The third-order valence-electron chi connectivity index (χ3n) is 4.60. The first kappa shape index (κ1) is 21.3. The smallest absolute Gasteiger partial charge is 0.115 e. The maximum Gasteiger partial charge on any atom is 0.115 e. The fourth-order valence-corrected chi connectivity index (χ4v) is 3.20. The predicted octanol–water partition coefficient (Wildman–Crippen LogP) is 7.80. The number of phenols is 1. The van der Waals surface area contributed by atoms with Gasteiger partial charge in [-0.25, -0.2) is 0 Å². The molecule has 1 aliphatic carbocycles. The zero-order chi connectivity index (χ0) is 18.7. The molecule has 1 N–H and O–H groups in total. The summed E-state index contributed by atoms with van der Waals surface area (Å²) >= 11 is 0. The van der Waals surface area contributed by atoms with Crippen LogP contribution in [0.4, 0.5) is 0 Å². The molecule has 0 spiro atoms. The van der Waals surface area contributed by atoms with E-state index in [1.165, 1.54) is 43.2 Å². The van der Waals surface area contributed by atoms with E-state index < -0.39 is 0 Å². The van der Waals surface area contributed by atoms with Crippen LogP contribution in [0, 0.1) is 5.92 Å². The van der Waals surface area contributed by atoms with E-state index in [0.29, 0.717) is 5.75 Å². The van der Waals surface area contributed by atoms with E-state index in [1.807, 2.05) is 26.0 Å². The highest BCUT2D eigenvalue weighted by molar-refractivity contribution is 5.64. The van der Waals surface area contributed by atoms with E-state index in [0.717, 1.165) is 17.4 Å². The first-order chi connectivity index (χ1) is 12.1. The molecule has 25 heavy (non-hydrogen) atoms. The molecule has 2 aromatic carbocycles. The van der Waals surface area contributed by atoms with Crippen LogP contribution in [-0.2, 0) is 0 Å². The van der Waals surface area contributed by atoms with Crippen molar-refractivity contribution in [2.24, 2.45) is 5.92 Å². The van der Waals surface area contributed by atoms with Crippen molar-refractivity contribution < 1.29 is 5.11 Å². The van der Waals surface area contributed by atoms with Crippen molar-refractivity contribution in [3.63, 3.8) is 0 Å². The normalized spacial score (nSPS) is 19.1. The highest BCUT2D eigenvalue weighted by Gasteiger charge is 2.19. The minimum absolute atomic E-state index is 0.321. The topological polar surface area (TPSA) is 20.2 Å². The minimum Gasteiger partial charge on any atom is -0.508 e. The van der Waals surface area contributed by atoms with Crippen molar-refractivity contribution in [1.29, 1.82) is 0 Å². The van der Waals surface area contributed by atoms with Crippen molar-refractivity contribution in [2.75, 3.05) is 0 Å². The molecular formula is C24H36O. The second kappa shape index (κ2) is 11.7. The van der Waals surface area contributed by atoms with Crippen molar-refractivity contribution in [2.45, 2.75) is 72.6 Å². The molecule has 0 atom stereocenters. The summed E-state index contributed by atoms with van der Waals surface area (Å²) in [7, 11) is 0. The van der Waals surface area contributed by atoms with Gasteiger partial charge in [0.05, 0.1) is 0 Å². The lowest BCUT2D eigenvalue weighted by Gasteiger charge is -2.26. The Morgan fingerprint density at radius 3 is 1.60 bits per heavy atom. The van der Waals surface area contributed by atoms with Crippen LogP contribution in [0.3, 0.4) is 0 Å². The van der Waals surface area contributed by atoms with Crippen LogP contribution < -0.4 is 0 Å². The van der Waals surface area contributed by atoms with Crippen molar-refractivity contribution in [1.82, 2.24) is 0 Å². The number of hydrogen-bond acceptors (Lipinski definition) is 1. The molecule has 0 saturated heterocycles. The van der Waals surface area contributed by atoms with E-state index in [4.69, 9.17) is 0 Å². The maximum absolute atomic E-state index is 9.34. The first-order valence-corrected chi connectivity index (χ1v) is 10.0. The Morgan fingerprint density at radius 2 is 1.16 bits per heavy atom. The summed E-state index contributed by atoms with van der Waals surface area (Å²) in [6, 6.07) is 16.4. The summed E-state index contributed by atoms with van der Waals surface area (Å²) in [5, 5.41) is 9.34. The van der Waals surface area contributed by atoms with Gasteiger partial charge < -0.3 is 5.11 Å². The van der Waals surface area contributed by atoms with Gasteiger partial charge in [-0.05, 0) is 53.5 Å². The molecule has 0 aliphatic heterocycles. The van der Waals surface area contributed by atoms with E-state index >= 15 is 0 Å². The first-order valence-electron chi connectivity index (χ1n) is 10.0. The predicted molar refractivity (Wildman–Crippen MR) is 111 cm³/mol. The lowest BCUT2D eigenvalue weighted by Crippen LogP contribution is -2.10. The SMILES string of the molecule is CC.CC1CCC(c2ccc(-c3ccc(O)cc3)cc2)CC1.CCC. The Morgan fingerprint density at radius 1 is 0.760 bits per heavy atom. The lowest BCUT2D eigenvalue weighted by molar-refractivity contribution is 0.348. The fraction of sp³-hybridized carbons (Fsp3) is 0.500. The van der Waals surface area contributed by atoms with E-state index in [2.05, 4.69) is 45.0 Å². The van der Waals surface area contributed by atoms with Gasteiger partial charge in [0.15, 0.2) is 0 Å². The summed E-state index contributed by atoms with van der Waals surface area (Å²) in [6.07, 6.45) is 6.65. The summed E-state index contributed by atoms with van der Waals surface area (Å²) in [6.45, 7) is 10.6. The summed E-state index contributed by atoms with van der Waals surface area (Å²) in [5.74, 6) is 1.98.